The van der Waals surface area contributed by atoms with Crippen LogP contribution < -0.4 is 5.32 Å². The van der Waals surface area contributed by atoms with Crippen LogP contribution in [0.2, 0.25) is 0 Å². The van der Waals surface area contributed by atoms with Crippen molar-refractivity contribution in [3.8, 4) is 0 Å². The van der Waals surface area contributed by atoms with Gasteiger partial charge in [-0.3, -0.25) is 9.78 Å². The van der Waals surface area contributed by atoms with Gasteiger partial charge in [-0.1, -0.05) is 48.5 Å². The molecule has 4 heteroatoms. The predicted octanol–water partition coefficient (Wildman–Crippen LogP) is 3.10. The molecule has 2 aromatic carbocycles. The Hall–Kier alpha value is -2.98. The lowest BCUT2D eigenvalue weighted by Gasteiger charge is -2.04. The third-order valence-electron chi connectivity index (χ3n) is 4.00. The third kappa shape index (κ3) is 4.52. The lowest BCUT2D eigenvalue weighted by molar-refractivity contribution is -0.116. The first-order chi connectivity index (χ1) is 12.3. The van der Waals surface area contributed by atoms with Crippen LogP contribution in [0.3, 0.4) is 0 Å². The summed E-state index contributed by atoms with van der Waals surface area (Å²) in [5, 5.41) is 13.0. The molecule has 2 N–H and O–H groups in total. The van der Waals surface area contributed by atoms with Crippen molar-refractivity contribution in [2.75, 3.05) is 6.54 Å². The summed E-state index contributed by atoms with van der Waals surface area (Å²) in [6.45, 7) is 0.611. The number of carbonyl (C=O) groups excluding carboxylic acids is 1. The second kappa shape index (κ2) is 8.22. The molecule has 0 atom stereocenters. The number of fused-ring (bicyclic) bond motifs is 1. The minimum Gasteiger partial charge on any atom is -0.392 e. The zero-order chi connectivity index (χ0) is 17.5. The van der Waals surface area contributed by atoms with Crippen molar-refractivity contribution < 1.29 is 9.90 Å². The number of hydrogen-bond acceptors (Lipinski definition) is 3. The van der Waals surface area contributed by atoms with Crippen molar-refractivity contribution in [1.82, 2.24) is 10.3 Å². The van der Waals surface area contributed by atoms with Gasteiger partial charge in [-0.2, -0.15) is 0 Å². The van der Waals surface area contributed by atoms with E-state index >= 15 is 0 Å². The van der Waals surface area contributed by atoms with E-state index in [2.05, 4.69) is 10.3 Å². The van der Waals surface area contributed by atoms with Crippen LogP contribution in [0.1, 0.15) is 16.7 Å². The summed E-state index contributed by atoms with van der Waals surface area (Å²) in [5.74, 6) is -0.125. The number of para-hydroxylation sites is 1. The summed E-state index contributed by atoms with van der Waals surface area (Å²) in [6.07, 6.45) is 5.84. The van der Waals surface area contributed by atoms with Gasteiger partial charge >= 0.3 is 0 Å². The number of aliphatic hydroxyl groups excluding tert-OH is 1. The molecule has 0 aliphatic heterocycles. The maximum Gasteiger partial charge on any atom is 0.244 e. The fraction of sp³-hybridized carbons (Fsp3) is 0.143. The van der Waals surface area contributed by atoms with E-state index in [4.69, 9.17) is 5.11 Å². The highest BCUT2D eigenvalue weighted by atomic mass is 16.3. The number of amides is 1. The van der Waals surface area contributed by atoms with Crippen molar-refractivity contribution in [2.24, 2.45) is 0 Å². The molecular formula is C21H20N2O2. The number of pyridine rings is 1. The number of aliphatic hydroxyl groups is 1. The summed E-state index contributed by atoms with van der Waals surface area (Å²) >= 11 is 0. The predicted molar refractivity (Wildman–Crippen MR) is 99.9 cm³/mol. The van der Waals surface area contributed by atoms with Gasteiger partial charge in [-0.05, 0) is 29.7 Å². The molecule has 0 bridgehead atoms. The van der Waals surface area contributed by atoms with Crippen molar-refractivity contribution in [3.63, 3.8) is 0 Å². The van der Waals surface area contributed by atoms with Gasteiger partial charge in [0.05, 0.1) is 12.1 Å². The normalized spacial score (nSPS) is 11.1. The Morgan fingerprint density at radius 3 is 2.60 bits per heavy atom. The minimum absolute atomic E-state index is 0.0465. The van der Waals surface area contributed by atoms with Crippen LogP contribution in [0.5, 0.6) is 0 Å². The van der Waals surface area contributed by atoms with Crippen LogP contribution in [-0.2, 0) is 17.8 Å². The lowest BCUT2D eigenvalue weighted by atomic mass is 10.1. The van der Waals surface area contributed by atoms with Gasteiger partial charge in [-0.15, -0.1) is 0 Å². The van der Waals surface area contributed by atoms with E-state index in [9.17, 15) is 4.79 Å². The Morgan fingerprint density at radius 1 is 1.04 bits per heavy atom. The Kier molecular flexibility index (Phi) is 5.54. The molecule has 0 saturated heterocycles. The zero-order valence-electron chi connectivity index (χ0n) is 13.9. The quantitative estimate of drug-likeness (QED) is 0.682. The number of benzene rings is 2. The van der Waals surface area contributed by atoms with E-state index < -0.39 is 0 Å². The molecule has 1 aromatic heterocycles. The van der Waals surface area contributed by atoms with E-state index in [1.54, 1.807) is 12.3 Å². The summed E-state index contributed by atoms with van der Waals surface area (Å²) < 4.78 is 0. The highest BCUT2D eigenvalue weighted by Crippen LogP contribution is 2.16. The Bertz CT molecular complexity index is 881. The standard InChI is InChI=1S/C21H20N2O2/c24-15-17-8-6-16(7-9-17)12-14-22-20(25)11-10-19-4-1-3-18-5-2-13-23-21(18)19/h1-11,13,24H,12,14-15H2,(H,22,25)/b11-10+. The maximum atomic E-state index is 12.0. The van der Waals surface area contributed by atoms with Gasteiger partial charge in [0.1, 0.15) is 0 Å². The molecule has 3 aromatic rings. The first-order valence-electron chi connectivity index (χ1n) is 8.24. The maximum absolute atomic E-state index is 12.0. The summed E-state index contributed by atoms with van der Waals surface area (Å²) in [7, 11) is 0. The van der Waals surface area contributed by atoms with Crippen molar-refractivity contribution in [3.05, 3.63) is 83.6 Å². The van der Waals surface area contributed by atoms with Crippen molar-refractivity contribution >= 4 is 22.9 Å². The number of hydrogen-bond donors (Lipinski definition) is 2. The van der Waals surface area contributed by atoms with Crippen LogP contribution >= 0.6 is 0 Å². The monoisotopic (exact) mass is 332 g/mol. The van der Waals surface area contributed by atoms with Gasteiger partial charge < -0.3 is 10.4 Å². The average Bonchev–Trinajstić information content (AvgIpc) is 2.67. The van der Waals surface area contributed by atoms with Crippen LogP contribution in [-0.4, -0.2) is 22.5 Å². The topological polar surface area (TPSA) is 62.2 Å². The SMILES string of the molecule is O=C(/C=C/c1cccc2cccnc12)NCCc1ccc(CO)cc1. The van der Waals surface area contributed by atoms with Gasteiger partial charge in [0.15, 0.2) is 0 Å². The van der Waals surface area contributed by atoms with E-state index in [0.29, 0.717) is 6.54 Å². The number of carbonyl (C=O) groups is 1. The Morgan fingerprint density at radius 2 is 1.80 bits per heavy atom. The molecular weight excluding hydrogens is 312 g/mol. The van der Waals surface area contributed by atoms with Crippen LogP contribution in [0.25, 0.3) is 17.0 Å². The zero-order valence-corrected chi connectivity index (χ0v) is 13.9. The summed E-state index contributed by atoms with van der Waals surface area (Å²) in [4.78, 5) is 16.4. The highest BCUT2D eigenvalue weighted by molar-refractivity contribution is 5.95. The van der Waals surface area contributed by atoms with Gasteiger partial charge in [0.25, 0.3) is 0 Å². The molecule has 1 amide bonds. The summed E-state index contributed by atoms with van der Waals surface area (Å²) in [6, 6.07) is 17.5. The molecule has 0 radical (unpaired) electrons. The summed E-state index contributed by atoms with van der Waals surface area (Å²) in [5.41, 5.74) is 3.82. The van der Waals surface area contributed by atoms with Crippen molar-refractivity contribution in [1.29, 1.82) is 0 Å². The smallest absolute Gasteiger partial charge is 0.244 e. The molecule has 1 heterocycles. The second-order valence-electron chi connectivity index (χ2n) is 5.77. The molecule has 0 spiro atoms. The lowest BCUT2D eigenvalue weighted by Crippen LogP contribution is -2.23. The molecule has 0 aliphatic rings. The van der Waals surface area contributed by atoms with Crippen molar-refractivity contribution in [2.45, 2.75) is 13.0 Å². The first-order valence-corrected chi connectivity index (χ1v) is 8.24. The molecule has 0 aliphatic carbocycles. The average molecular weight is 332 g/mol. The van der Waals surface area contributed by atoms with E-state index in [1.807, 2.05) is 54.6 Å². The molecule has 0 saturated carbocycles. The number of rotatable bonds is 6. The van der Waals surface area contributed by atoms with Gasteiger partial charge in [0.2, 0.25) is 5.91 Å². The van der Waals surface area contributed by atoms with E-state index in [-0.39, 0.29) is 12.5 Å². The molecule has 25 heavy (non-hydrogen) atoms. The molecule has 3 rings (SSSR count). The van der Waals surface area contributed by atoms with E-state index in [0.717, 1.165) is 34.0 Å². The molecule has 0 fully saturated rings. The van der Waals surface area contributed by atoms with Crippen LogP contribution in [0.15, 0.2) is 66.9 Å². The van der Waals surface area contributed by atoms with Crippen LogP contribution in [0, 0.1) is 0 Å². The number of aromatic nitrogens is 1. The third-order valence-corrected chi connectivity index (χ3v) is 4.00. The highest BCUT2D eigenvalue weighted by Gasteiger charge is 2.00. The van der Waals surface area contributed by atoms with Crippen LogP contribution in [0.4, 0.5) is 0 Å². The second-order valence-corrected chi connectivity index (χ2v) is 5.77. The number of nitrogens with one attached hydrogen (secondary N) is 1. The number of nitrogens with zero attached hydrogens (tertiary/aromatic N) is 1. The first kappa shape index (κ1) is 16.9. The van der Waals surface area contributed by atoms with Gasteiger partial charge in [0, 0.05) is 29.8 Å². The molecule has 4 nitrogen and oxygen atoms in total. The minimum atomic E-state index is -0.125. The molecule has 0 unspecified atom stereocenters. The Balaban J connectivity index is 1.55. The van der Waals surface area contributed by atoms with Gasteiger partial charge in [-0.25, -0.2) is 0 Å². The fourth-order valence-corrected chi connectivity index (χ4v) is 2.63. The fourth-order valence-electron chi connectivity index (χ4n) is 2.63. The largest absolute Gasteiger partial charge is 0.392 e. The van der Waals surface area contributed by atoms with E-state index in [1.165, 1.54) is 6.08 Å². The Labute approximate surface area is 146 Å². The molecule has 126 valence electrons.